The molecule has 0 fully saturated rings. The van der Waals surface area contributed by atoms with Crippen LogP contribution in [0.4, 0.5) is 0 Å². The number of carbonyl (C=O) groups is 2. The molecule has 1 aromatic carbocycles. The topological polar surface area (TPSA) is 52.6 Å². The average Bonchev–Trinajstić information content (AvgIpc) is 2.34. The molecule has 0 N–H and O–H groups in total. The van der Waals surface area contributed by atoms with Gasteiger partial charge >= 0.3 is 11.9 Å². The number of halogens is 2. The molecule has 0 atom stereocenters. The van der Waals surface area contributed by atoms with Crippen molar-refractivity contribution < 1.29 is 19.1 Å². The molecule has 104 valence electrons. The number of esters is 2. The smallest absolute Gasteiger partial charge is 0.328 e. The van der Waals surface area contributed by atoms with Gasteiger partial charge in [-0.3, -0.25) is 9.59 Å². The summed E-state index contributed by atoms with van der Waals surface area (Å²) in [7, 11) is 0. The van der Waals surface area contributed by atoms with Gasteiger partial charge in [0.1, 0.15) is 0 Å². The monoisotopic (exact) mass is 304 g/mol. The van der Waals surface area contributed by atoms with Crippen molar-refractivity contribution in [3.8, 4) is 5.75 Å². The van der Waals surface area contributed by atoms with E-state index in [4.69, 9.17) is 32.7 Å². The molecule has 0 aliphatic rings. The van der Waals surface area contributed by atoms with E-state index in [2.05, 4.69) is 0 Å². The molecule has 0 aromatic heterocycles. The predicted octanol–water partition coefficient (Wildman–Crippen LogP) is 3.49. The number of rotatable bonds is 4. The SMILES string of the molecule is CCOC(=O)C(C)(C)C(=O)Oc1cc(Cl)ccc1Cl. The third-order valence-corrected chi connectivity index (χ3v) is 2.94. The maximum Gasteiger partial charge on any atom is 0.328 e. The van der Waals surface area contributed by atoms with Crippen molar-refractivity contribution in [2.75, 3.05) is 6.61 Å². The molecule has 6 heteroatoms. The van der Waals surface area contributed by atoms with Crippen LogP contribution in [0, 0.1) is 5.41 Å². The second-order valence-corrected chi connectivity index (χ2v) is 5.15. The Morgan fingerprint density at radius 2 is 1.84 bits per heavy atom. The van der Waals surface area contributed by atoms with Gasteiger partial charge in [0, 0.05) is 11.1 Å². The van der Waals surface area contributed by atoms with Crippen LogP contribution in [0.1, 0.15) is 20.8 Å². The summed E-state index contributed by atoms with van der Waals surface area (Å²) in [6.07, 6.45) is 0. The quantitative estimate of drug-likeness (QED) is 0.485. The minimum atomic E-state index is -1.42. The van der Waals surface area contributed by atoms with E-state index in [0.29, 0.717) is 5.02 Å². The molecule has 0 amide bonds. The van der Waals surface area contributed by atoms with Crippen LogP contribution in [0.5, 0.6) is 5.75 Å². The van der Waals surface area contributed by atoms with Gasteiger partial charge < -0.3 is 9.47 Å². The maximum atomic E-state index is 12.0. The predicted molar refractivity (Wildman–Crippen MR) is 72.5 cm³/mol. The van der Waals surface area contributed by atoms with Gasteiger partial charge in [0.25, 0.3) is 0 Å². The number of carbonyl (C=O) groups excluding carboxylic acids is 2. The van der Waals surface area contributed by atoms with Gasteiger partial charge in [0.2, 0.25) is 0 Å². The zero-order chi connectivity index (χ0) is 14.6. The molecular weight excluding hydrogens is 291 g/mol. The Kier molecular flexibility index (Phi) is 5.20. The van der Waals surface area contributed by atoms with Crippen LogP contribution in [0.3, 0.4) is 0 Å². The van der Waals surface area contributed by atoms with Gasteiger partial charge in [-0.05, 0) is 32.9 Å². The van der Waals surface area contributed by atoms with E-state index >= 15 is 0 Å². The van der Waals surface area contributed by atoms with Crippen LogP contribution in [0.15, 0.2) is 18.2 Å². The lowest BCUT2D eigenvalue weighted by Crippen LogP contribution is -2.38. The molecule has 0 saturated heterocycles. The summed E-state index contributed by atoms with van der Waals surface area (Å²) in [5.74, 6) is -1.30. The molecule has 0 radical (unpaired) electrons. The highest BCUT2D eigenvalue weighted by molar-refractivity contribution is 6.34. The normalized spacial score (nSPS) is 11.0. The Morgan fingerprint density at radius 1 is 1.21 bits per heavy atom. The van der Waals surface area contributed by atoms with Crippen LogP contribution < -0.4 is 4.74 Å². The minimum Gasteiger partial charge on any atom is -0.465 e. The Hall–Kier alpha value is -1.26. The van der Waals surface area contributed by atoms with Gasteiger partial charge in [0.15, 0.2) is 11.2 Å². The largest absolute Gasteiger partial charge is 0.465 e. The summed E-state index contributed by atoms with van der Waals surface area (Å²) in [5.41, 5.74) is -1.42. The van der Waals surface area contributed by atoms with Gasteiger partial charge in [-0.25, -0.2) is 0 Å². The lowest BCUT2D eigenvalue weighted by atomic mass is 9.94. The highest BCUT2D eigenvalue weighted by Crippen LogP contribution is 2.30. The Balaban J connectivity index is 2.90. The van der Waals surface area contributed by atoms with Crippen LogP contribution in [-0.2, 0) is 14.3 Å². The van der Waals surface area contributed by atoms with Crippen molar-refractivity contribution in [3.05, 3.63) is 28.2 Å². The molecule has 1 aromatic rings. The highest BCUT2D eigenvalue weighted by Gasteiger charge is 2.40. The molecule has 0 unspecified atom stereocenters. The summed E-state index contributed by atoms with van der Waals surface area (Å²) >= 11 is 11.7. The molecule has 4 nitrogen and oxygen atoms in total. The zero-order valence-electron chi connectivity index (χ0n) is 10.8. The van der Waals surface area contributed by atoms with Crippen molar-refractivity contribution >= 4 is 35.1 Å². The van der Waals surface area contributed by atoms with E-state index in [1.165, 1.54) is 26.0 Å². The van der Waals surface area contributed by atoms with Gasteiger partial charge in [0.05, 0.1) is 11.6 Å². The van der Waals surface area contributed by atoms with Crippen molar-refractivity contribution in [1.82, 2.24) is 0 Å². The third kappa shape index (κ3) is 3.85. The van der Waals surface area contributed by atoms with E-state index in [1.54, 1.807) is 13.0 Å². The summed E-state index contributed by atoms with van der Waals surface area (Å²) in [4.78, 5) is 23.7. The van der Waals surface area contributed by atoms with E-state index in [9.17, 15) is 9.59 Å². The molecule has 0 heterocycles. The van der Waals surface area contributed by atoms with Crippen LogP contribution >= 0.6 is 23.2 Å². The highest BCUT2D eigenvalue weighted by atomic mass is 35.5. The Morgan fingerprint density at radius 3 is 2.42 bits per heavy atom. The number of hydrogen-bond acceptors (Lipinski definition) is 4. The lowest BCUT2D eigenvalue weighted by molar-refractivity contribution is -0.164. The second kappa shape index (κ2) is 6.26. The second-order valence-electron chi connectivity index (χ2n) is 4.31. The first-order valence-electron chi connectivity index (χ1n) is 5.63. The maximum absolute atomic E-state index is 12.0. The van der Waals surface area contributed by atoms with E-state index in [-0.39, 0.29) is 17.4 Å². The van der Waals surface area contributed by atoms with Gasteiger partial charge in [-0.2, -0.15) is 0 Å². The van der Waals surface area contributed by atoms with E-state index < -0.39 is 17.4 Å². The molecule has 1 rings (SSSR count). The standard InChI is InChI=1S/C13H14Cl2O4/c1-4-18-11(16)13(2,3)12(17)19-10-7-8(14)5-6-9(10)15/h5-7H,4H2,1-3H3. The molecule has 0 saturated carbocycles. The van der Waals surface area contributed by atoms with Crippen LogP contribution in [-0.4, -0.2) is 18.5 Å². The fourth-order valence-electron chi connectivity index (χ4n) is 1.18. The first-order valence-corrected chi connectivity index (χ1v) is 6.39. The third-order valence-electron chi connectivity index (χ3n) is 2.39. The van der Waals surface area contributed by atoms with Crippen molar-refractivity contribution in [2.24, 2.45) is 5.41 Å². The molecule has 19 heavy (non-hydrogen) atoms. The van der Waals surface area contributed by atoms with Gasteiger partial charge in [-0.1, -0.05) is 23.2 Å². The molecule has 0 bridgehead atoms. The fraction of sp³-hybridized carbons (Fsp3) is 0.385. The minimum absolute atomic E-state index is 0.108. The first kappa shape index (κ1) is 15.8. The summed E-state index contributed by atoms with van der Waals surface area (Å²) in [6, 6.07) is 4.48. The summed E-state index contributed by atoms with van der Waals surface area (Å²) < 4.78 is 9.92. The Labute approximate surface area is 121 Å². The lowest BCUT2D eigenvalue weighted by Gasteiger charge is -2.20. The zero-order valence-corrected chi connectivity index (χ0v) is 12.3. The molecular formula is C13H14Cl2O4. The van der Waals surface area contributed by atoms with Crippen molar-refractivity contribution in [2.45, 2.75) is 20.8 Å². The van der Waals surface area contributed by atoms with Crippen molar-refractivity contribution in [3.63, 3.8) is 0 Å². The fourth-order valence-corrected chi connectivity index (χ4v) is 1.50. The van der Waals surface area contributed by atoms with Crippen LogP contribution in [0.2, 0.25) is 10.0 Å². The number of ether oxygens (including phenoxy) is 2. The summed E-state index contributed by atoms with van der Waals surface area (Å²) in [6.45, 7) is 4.69. The summed E-state index contributed by atoms with van der Waals surface area (Å²) in [5, 5.41) is 0.610. The van der Waals surface area contributed by atoms with Crippen LogP contribution in [0.25, 0.3) is 0 Å². The Bertz CT molecular complexity index is 497. The number of hydrogen-bond donors (Lipinski definition) is 0. The van der Waals surface area contributed by atoms with Gasteiger partial charge in [-0.15, -0.1) is 0 Å². The van der Waals surface area contributed by atoms with E-state index in [1.807, 2.05) is 0 Å². The molecule has 0 spiro atoms. The van der Waals surface area contributed by atoms with Crippen molar-refractivity contribution in [1.29, 1.82) is 0 Å². The number of benzene rings is 1. The van der Waals surface area contributed by atoms with E-state index in [0.717, 1.165) is 0 Å². The average molecular weight is 305 g/mol. The first-order chi connectivity index (χ1) is 8.78. The molecule has 0 aliphatic carbocycles. The molecule has 0 aliphatic heterocycles.